The Bertz CT molecular complexity index is 3020. The zero-order chi connectivity index (χ0) is 43.7. The van der Waals surface area contributed by atoms with Gasteiger partial charge in [0.25, 0.3) is 0 Å². The zero-order valence-corrected chi connectivity index (χ0v) is 35.8. The SMILES string of the molecule is COc1ccccc1OCCN1CCOC(COc2cccc3[nH]c4ccccc4c23)C1.COc1ccccc1OCCn1cc(COc2cccc3[nH]c4ccccc4c23)oc1=O. The van der Waals surface area contributed by atoms with E-state index in [1.807, 2.05) is 103 Å². The molecule has 0 bridgehead atoms. The molecule has 328 valence electrons. The minimum absolute atomic E-state index is 0.0236. The van der Waals surface area contributed by atoms with Gasteiger partial charge < -0.3 is 47.5 Å². The molecule has 0 spiro atoms. The Kier molecular flexibility index (Phi) is 13.0. The molecule has 4 heterocycles. The van der Waals surface area contributed by atoms with Crippen LogP contribution < -0.4 is 34.2 Å². The lowest BCUT2D eigenvalue weighted by atomic mass is 10.1. The van der Waals surface area contributed by atoms with Gasteiger partial charge in [0, 0.05) is 52.2 Å². The van der Waals surface area contributed by atoms with Crippen LogP contribution in [0, 0.1) is 0 Å². The number of nitrogens with zero attached hydrogens (tertiary/aromatic N) is 2. The molecule has 6 aromatic carbocycles. The van der Waals surface area contributed by atoms with E-state index in [1.165, 1.54) is 9.95 Å². The third-order valence-corrected chi connectivity index (χ3v) is 11.1. The molecule has 1 aliphatic heterocycles. The van der Waals surface area contributed by atoms with Crippen molar-refractivity contribution in [1.29, 1.82) is 0 Å². The first kappa shape index (κ1) is 42.0. The molecule has 13 nitrogen and oxygen atoms in total. The normalized spacial score (nSPS) is 14.1. The Labute approximate surface area is 369 Å². The second-order valence-corrected chi connectivity index (χ2v) is 15.2. The number of methoxy groups -OCH3 is 2. The molecule has 0 radical (unpaired) electrons. The number of benzene rings is 6. The van der Waals surface area contributed by atoms with Crippen LogP contribution >= 0.6 is 0 Å². The van der Waals surface area contributed by atoms with Crippen molar-refractivity contribution in [2.75, 3.05) is 60.3 Å². The molecule has 1 aliphatic rings. The maximum Gasteiger partial charge on any atom is 0.419 e. The average molecular weight is 863 g/mol. The molecule has 10 rings (SSSR count). The number of para-hydroxylation sites is 6. The van der Waals surface area contributed by atoms with Crippen LogP contribution in [-0.2, 0) is 17.9 Å². The highest BCUT2D eigenvalue weighted by atomic mass is 16.5. The summed E-state index contributed by atoms with van der Waals surface area (Å²) < 4.78 is 47.4. The monoisotopic (exact) mass is 862 g/mol. The first-order chi connectivity index (χ1) is 31.5. The smallest absolute Gasteiger partial charge is 0.419 e. The van der Waals surface area contributed by atoms with Crippen LogP contribution in [0.1, 0.15) is 5.76 Å². The van der Waals surface area contributed by atoms with Gasteiger partial charge in [-0.1, -0.05) is 72.8 Å². The molecule has 0 saturated carbocycles. The van der Waals surface area contributed by atoms with Crippen molar-refractivity contribution in [3.63, 3.8) is 0 Å². The number of ether oxygens (including phenoxy) is 7. The summed E-state index contributed by atoms with van der Waals surface area (Å²) in [5.41, 5.74) is 4.25. The quantitative estimate of drug-likeness (QED) is 0.0969. The van der Waals surface area contributed by atoms with Gasteiger partial charge in [-0.15, -0.1) is 0 Å². The van der Waals surface area contributed by atoms with Gasteiger partial charge in [-0.3, -0.25) is 9.47 Å². The standard InChI is InChI=1S/C26H28N2O4.C25H22N2O5/c1-29-23-10-4-5-11-24(23)31-16-14-28-13-15-30-19(17-28)18-32-25-12-6-9-22-26(25)20-7-2-3-8-21(20)27-22;1-29-21-10-4-5-11-22(21)30-14-13-27-15-17(32-25(27)28)16-31-23-12-6-9-20-24(23)18-7-2-3-8-19(18)26-20/h2-12,19,27H,13-18H2,1H3;2-12,15,26H,13-14,16H2,1H3. The summed E-state index contributed by atoms with van der Waals surface area (Å²) in [5.74, 6) is 4.42. The fourth-order valence-electron chi connectivity index (χ4n) is 8.05. The van der Waals surface area contributed by atoms with Gasteiger partial charge in [0.15, 0.2) is 28.8 Å². The maximum absolute atomic E-state index is 12.2. The van der Waals surface area contributed by atoms with Crippen molar-refractivity contribution in [3.05, 3.63) is 156 Å². The van der Waals surface area contributed by atoms with E-state index in [2.05, 4.69) is 45.2 Å². The third kappa shape index (κ3) is 9.50. The van der Waals surface area contributed by atoms with E-state index in [4.69, 9.17) is 37.6 Å². The van der Waals surface area contributed by atoms with Crippen molar-refractivity contribution in [1.82, 2.24) is 19.4 Å². The average Bonchev–Trinajstić information content (AvgIpc) is 4.03. The molecule has 2 N–H and O–H groups in total. The zero-order valence-electron chi connectivity index (χ0n) is 35.8. The fraction of sp³-hybridized carbons (Fsp3) is 0.235. The van der Waals surface area contributed by atoms with Crippen molar-refractivity contribution < 1.29 is 37.6 Å². The first-order valence-corrected chi connectivity index (χ1v) is 21.3. The van der Waals surface area contributed by atoms with Gasteiger partial charge >= 0.3 is 5.76 Å². The summed E-state index contributed by atoms with van der Waals surface area (Å²) in [7, 11) is 3.25. The minimum atomic E-state index is -0.447. The van der Waals surface area contributed by atoms with E-state index in [-0.39, 0.29) is 12.7 Å². The lowest BCUT2D eigenvalue weighted by Crippen LogP contribution is -2.46. The second-order valence-electron chi connectivity index (χ2n) is 15.2. The number of aromatic nitrogens is 3. The summed E-state index contributed by atoms with van der Waals surface area (Å²) in [4.78, 5) is 21.4. The van der Waals surface area contributed by atoms with Crippen LogP contribution in [0.5, 0.6) is 34.5 Å². The van der Waals surface area contributed by atoms with Crippen LogP contribution in [-0.4, -0.2) is 85.8 Å². The predicted molar refractivity (Wildman–Crippen MR) is 248 cm³/mol. The van der Waals surface area contributed by atoms with Gasteiger partial charge in [-0.25, -0.2) is 4.79 Å². The molecule has 1 fully saturated rings. The molecule has 3 aromatic heterocycles. The van der Waals surface area contributed by atoms with E-state index >= 15 is 0 Å². The summed E-state index contributed by atoms with van der Waals surface area (Å²) in [5, 5.41) is 4.40. The van der Waals surface area contributed by atoms with Crippen molar-refractivity contribution in [3.8, 4) is 34.5 Å². The van der Waals surface area contributed by atoms with Crippen molar-refractivity contribution >= 4 is 43.6 Å². The van der Waals surface area contributed by atoms with Crippen LogP contribution in [0.15, 0.2) is 149 Å². The number of hydrogen-bond donors (Lipinski definition) is 2. The summed E-state index contributed by atoms with van der Waals surface area (Å²) in [6.45, 7) is 5.14. The van der Waals surface area contributed by atoms with E-state index in [0.717, 1.165) is 80.9 Å². The highest BCUT2D eigenvalue weighted by Gasteiger charge is 2.22. The number of nitrogens with one attached hydrogen (secondary N) is 2. The molecule has 9 aromatic rings. The first-order valence-electron chi connectivity index (χ1n) is 21.3. The molecule has 1 unspecified atom stereocenters. The Hall–Kier alpha value is -7.35. The predicted octanol–water partition coefficient (Wildman–Crippen LogP) is 9.23. The molecular weight excluding hydrogens is 813 g/mol. The maximum atomic E-state index is 12.2. The van der Waals surface area contributed by atoms with Gasteiger partial charge in [0.05, 0.1) is 44.6 Å². The number of hydrogen-bond acceptors (Lipinski definition) is 10. The summed E-state index contributed by atoms with van der Waals surface area (Å²) in [6.07, 6.45) is 1.68. The van der Waals surface area contributed by atoms with Crippen molar-refractivity contribution in [2.45, 2.75) is 19.3 Å². The van der Waals surface area contributed by atoms with E-state index in [1.54, 1.807) is 20.4 Å². The topological polar surface area (TPSA) is 135 Å². The number of oxazole rings is 1. The third-order valence-electron chi connectivity index (χ3n) is 11.1. The molecule has 13 heteroatoms. The highest BCUT2D eigenvalue weighted by Crippen LogP contribution is 2.35. The molecule has 1 saturated heterocycles. The van der Waals surface area contributed by atoms with Gasteiger partial charge in [0.2, 0.25) is 0 Å². The summed E-state index contributed by atoms with van der Waals surface area (Å²) >= 11 is 0. The number of rotatable bonds is 16. The van der Waals surface area contributed by atoms with E-state index < -0.39 is 5.76 Å². The largest absolute Gasteiger partial charge is 0.493 e. The van der Waals surface area contributed by atoms with E-state index in [9.17, 15) is 4.79 Å². The van der Waals surface area contributed by atoms with Crippen LogP contribution in [0.3, 0.4) is 0 Å². The van der Waals surface area contributed by atoms with E-state index in [0.29, 0.717) is 50.2 Å². The summed E-state index contributed by atoms with van der Waals surface area (Å²) in [6, 6.07) is 43.5. The van der Waals surface area contributed by atoms with Gasteiger partial charge in [-0.2, -0.15) is 0 Å². The number of fused-ring (bicyclic) bond motifs is 6. The van der Waals surface area contributed by atoms with Crippen LogP contribution in [0.4, 0.5) is 0 Å². The van der Waals surface area contributed by atoms with Gasteiger partial charge in [-0.05, 0) is 60.7 Å². The van der Waals surface area contributed by atoms with Gasteiger partial charge in [0.1, 0.15) is 44.0 Å². The Morgan fingerprint density at radius 2 is 1.09 bits per heavy atom. The number of H-pyrrole nitrogens is 2. The lowest BCUT2D eigenvalue weighted by Gasteiger charge is -2.32. The second kappa shape index (κ2) is 19.8. The lowest BCUT2D eigenvalue weighted by molar-refractivity contribution is -0.0499. The van der Waals surface area contributed by atoms with Crippen molar-refractivity contribution in [2.24, 2.45) is 0 Å². The molecule has 64 heavy (non-hydrogen) atoms. The number of aromatic amines is 2. The molecule has 1 atom stereocenters. The minimum Gasteiger partial charge on any atom is -0.493 e. The fourth-order valence-corrected chi connectivity index (χ4v) is 8.05. The Morgan fingerprint density at radius 1 is 0.578 bits per heavy atom. The molecule has 0 amide bonds. The Balaban J connectivity index is 0.000000162. The highest BCUT2D eigenvalue weighted by molar-refractivity contribution is 6.11. The molecule has 0 aliphatic carbocycles. The number of morpholine rings is 1. The Morgan fingerprint density at radius 3 is 1.70 bits per heavy atom. The van der Waals surface area contributed by atoms with Crippen LogP contribution in [0.25, 0.3) is 43.6 Å². The molecular formula is C51H50N4O9. The van der Waals surface area contributed by atoms with Crippen LogP contribution in [0.2, 0.25) is 0 Å².